The maximum atomic E-state index is 12.6. The number of nitrogens with zero attached hydrogens (tertiary/aromatic N) is 1. The van der Waals surface area contributed by atoms with Crippen molar-refractivity contribution in [3.63, 3.8) is 0 Å². The Bertz CT molecular complexity index is 1080. The van der Waals surface area contributed by atoms with Crippen molar-refractivity contribution < 1.29 is 32.6 Å². The number of benzene rings is 2. The summed E-state index contributed by atoms with van der Waals surface area (Å²) in [7, 11) is 0. The smallest absolute Gasteiger partial charge is 0.387 e. The Hall–Kier alpha value is -3.11. The van der Waals surface area contributed by atoms with Crippen molar-refractivity contribution in [1.29, 1.82) is 0 Å². The number of imide groups is 1. The fraction of sp³-hybridized carbons (Fsp3) is 0.190. The van der Waals surface area contributed by atoms with Crippen LogP contribution in [0.3, 0.4) is 0 Å². The molecule has 0 unspecified atom stereocenters. The van der Waals surface area contributed by atoms with E-state index in [4.69, 9.17) is 16.3 Å². The molecule has 1 saturated heterocycles. The molecule has 0 bridgehead atoms. The maximum Gasteiger partial charge on any atom is 0.387 e. The molecule has 3 amide bonds. The van der Waals surface area contributed by atoms with Crippen LogP contribution in [0.4, 0.5) is 19.3 Å². The predicted octanol–water partition coefficient (Wildman–Crippen LogP) is 5.02. The molecule has 0 aliphatic carbocycles. The third kappa shape index (κ3) is 5.98. The molecule has 2 aromatic rings. The van der Waals surface area contributed by atoms with Crippen LogP contribution in [-0.2, 0) is 9.59 Å². The topological polar surface area (TPSA) is 84.9 Å². The molecule has 1 aliphatic heterocycles. The van der Waals surface area contributed by atoms with Crippen molar-refractivity contribution in [2.24, 2.45) is 0 Å². The number of hydrogen-bond acceptors (Lipinski definition) is 6. The van der Waals surface area contributed by atoms with Gasteiger partial charge in [-0.1, -0.05) is 23.7 Å². The normalized spacial score (nSPS) is 14.9. The van der Waals surface area contributed by atoms with E-state index in [-0.39, 0.29) is 23.0 Å². The zero-order valence-electron chi connectivity index (χ0n) is 16.6. The summed E-state index contributed by atoms with van der Waals surface area (Å²) in [6.07, 6.45) is 1.41. The summed E-state index contributed by atoms with van der Waals surface area (Å²) in [6, 6.07) is 10.6. The van der Waals surface area contributed by atoms with Crippen LogP contribution < -0.4 is 14.8 Å². The van der Waals surface area contributed by atoms with E-state index in [1.54, 1.807) is 25.1 Å². The first-order chi connectivity index (χ1) is 15.3. The molecule has 168 valence electrons. The van der Waals surface area contributed by atoms with Gasteiger partial charge in [0.05, 0.1) is 11.5 Å². The highest BCUT2D eigenvalue weighted by atomic mass is 35.5. The van der Waals surface area contributed by atoms with E-state index in [0.717, 1.165) is 4.90 Å². The van der Waals surface area contributed by atoms with Crippen molar-refractivity contribution >= 4 is 52.2 Å². The minimum absolute atomic E-state index is 0.0710. The molecule has 11 heteroatoms. The first-order valence-electron chi connectivity index (χ1n) is 9.29. The lowest BCUT2D eigenvalue weighted by Crippen LogP contribution is -2.36. The molecule has 0 spiro atoms. The molecule has 1 aliphatic rings. The summed E-state index contributed by atoms with van der Waals surface area (Å²) in [5, 5.41) is 2.39. The van der Waals surface area contributed by atoms with E-state index in [1.165, 1.54) is 30.3 Å². The second kappa shape index (κ2) is 10.5. The fourth-order valence-corrected chi connectivity index (χ4v) is 3.80. The van der Waals surface area contributed by atoms with Crippen molar-refractivity contribution in [2.75, 3.05) is 18.5 Å². The second-order valence-electron chi connectivity index (χ2n) is 6.34. The van der Waals surface area contributed by atoms with Crippen molar-refractivity contribution in [2.45, 2.75) is 13.5 Å². The second-order valence-corrected chi connectivity index (χ2v) is 7.77. The fourth-order valence-electron chi connectivity index (χ4n) is 2.77. The van der Waals surface area contributed by atoms with Gasteiger partial charge in [0.2, 0.25) is 5.91 Å². The Morgan fingerprint density at radius 2 is 2.00 bits per heavy atom. The van der Waals surface area contributed by atoms with Crippen molar-refractivity contribution in [3.05, 3.63) is 58.0 Å². The van der Waals surface area contributed by atoms with Gasteiger partial charge >= 0.3 is 6.61 Å². The molecule has 2 aromatic carbocycles. The van der Waals surface area contributed by atoms with Crippen LogP contribution in [0, 0.1) is 0 Å². The van der Waals surface area contributed by atoms with E-state index < -0.39 is 30.2 Å². The van der Waals surface area contributed by atoms with Gasteiger partial charge in [-0.15, -0.1) is 0 Å². The molecule has 1 fully saturated rings. The lowest BCUT2D eigenvalue weighted by atomic mass is 10.2. The average molecular weight is 483 g/mol. The van der Waals surface area contributed by atoms with Crippen LogP contribution in [0.1, 0.15) is 12.5 Å². The number of ether oxygens (including phenoxy) is 2. The summed E-state index contributed by atoms with van der Waals surface area (Å²) < 4.78 is 34.8. The zero-order valence-corrected chi connectivity index (χ0v) is 18.2. The van der Waals surface area contributed by atoms with Gasteiger partial charge in [0.15, 0.2) is 11.5 Å². The number of nitrogens with one attached hydrogen (secondary N) is 1. The summed E-state index contributed by atoms with van der Waals surface area (Å²) in [5.74, 6) is -1.29. The number of thioether (sulfide) groups is 1. The number of halogens is 3. The maximum absolute atomic E-state index is 12.6. The Balaban J connectivity index is 1.73. The lowest BCUT2D eigenvalue weighted by molar-refractivity contribution is -0.127. The van der Waals surface area contributed by atoms with E-state index in [9.17, 15) is 23.2 Å². The number of rotatable bonds is 8. The van der Waals surface area contributed by atoms with Crippen molar-refractivity contribution in [3.8, 4) is 11.5 Å². The molecule has 0 aromatic heterocycles. The van der Waals surface area contributed by atoms with Gasteiger partial charge in [0.25, 0.3) is 11.1 Å². The largest absolute Gasteiger partial charge is 0.490 e. The van der Waals surface area contributed by atoms with Crippen LogP contribution in [0.2, 0.25) is 5.02 Å². The van der Waals surface area contributed by atoms with E-state index in [0.29, 0.717) is 28.0 Å². The Morgan fingerprint density at radius 1 is 1.22 bits per heavy atom. The number of anilines is 1. The Morgan fingerprint density at radius 3 is 2.69 bits per heavy atom. The molecular weight excluding hydrogens is 466 g/mol. The minimum atomic E-state index is -3.02. The average Bonchev–Trinajstić information content (AvgIpc) is 2.97. The highest BCUT2D eigenvalue weighted by Gasteiger charge is 2.36. The molecule has 1 N–H and O–H groups in total. The molecule has 7 nitrogen and oxygen atoms in total. The third-order valence-corrected chi connectivity index (χ3v) is 5.21. The summed E-state index contributed by atoms with van der Waals surface area (Å²) in [5.41, 5.74) is 0.864. The zero-order chi connectivity index (χ0) is 23.3. The molecule has 0 radical (unpaired) electrons. The van der Waals surface area contributed by atoms with Gasteiger partial charge in [0, 0.05) is 10.7 Å². The van der Waals surface area contributed by atoms with Gasteiger partial charge in [-0.3, -0.25) is 19.3 Å². The highest BCUT2D eigenvalue weighted by molar-refractivity contribution is 8.18. The van der Waals surface area contributed by atoms with E-state index in [1.807, 2.05) is 0 Å². The standard InChI is InChI=1S/C21H17ClF2N2O5S/c1-2-30-16-8-12(6-7-15(16)31-20(23)24)9-17-19(28)26(21(29)32-17)11-18(27)25-14-5-3-4-13(22)10-14/h3-10,20H,2,11H2,1H3,(H,25,27)/b17-9-. The van der Waals surface area contributed by atoms with Gasteiger partial charge in [-0.25, -0.2) is 0 Å². The number of hydrogen-bond donors (Lipinski definition) is 1. The molecule has 32 heavy (non-hydrogen) atoms. The number of carbonyl (C=O) groups is 3. The summed E-state index contributed by atoms with van der Waals surface area (Å²) >= 11 is 6.54. The third-order valence-electron chi connectivity index (χ3n) is 4.07. The molecule has 0 atom stereocenters. The SMILES string of the molecule is CCOc1cc(/C=C2\SC(=O)N(CC(=O)Nc3cccc(Cl)c3)C2=O)ccc1OC(F)F. The van der Waals surface area contributed by atoms with Gasteiger partial charge < -0.3 is 14.8 Å². The van der Waals surface area contributed by atoms with E-state index in [2.05, 4.69) is 10.1 Å². The Kier molecular flexibility index (Phi) is 7.70. The number of carbonyl (C=O) groups excluding carboxylic acids is 3. The first-order valence-corrected chi connectivity index (χ1v) is 10.5. The monoisotopic (exact) mass is 482 g/mol. The van der Waals surface area contributed by atoms with Crippen LogP contribution in [0.15, 0.2) is 47.4 Å². The van der Waals surface area contributed by atoms with Crippen molar-refractivity contribution in [1.82, 2.24) is 4.90 Å². The van der Waals surface area contributed by atoms with Crippen LogP contribution in [0.5, 0.6) is 11.5 Å². The van der Waals surface area contributed by atoms with Crippen LogP contribution in [0.25, 0.3) is 6.08 Å². The van der Waals surface area contributed by atoms with Gasteiger partial charge in [0.1, 0.15) is 6.54 Å². The highest BCUT2D eigenvalue weighted by Crippen LogP contribution is 2.35. The summed E-state index contributed by atoms with van der Waals surface area (Å²) in [4.78, 5) is 38.1. The summed E-state index contributed by atoms with van der Waals surface area (Å²) in [6.45, 7) is -1.60. The van der Waals surface area contributed by atoms with Crippen LogP contribution in [-0.4, -0.2) is 41.7 Å². The van der Waals surface area contributed by atoms with Gasteiger partial charge in [-0.2, -0.15) is 8.78 Å². The quantitative estimate of drug-likeness (QED) is 0.532. The first kappa shape index (κ1) is 23.6. The number of alkyl halides is 2. The van der Waals surface area contributed by atoms with E-state index >= 15 is 0 Å². The van der Waals surface area contributed by atoms with Gasteiger partial charge in [-0.05, 0) is 60.7 Å². The molecule has 0 saturated carbocycles. The molecule has 1 heterocycles. The predicted molar refractivity (Wildman–Crippen MR) is 117 cm³/mol. The number of amides is 3. The lowest BCUT2D eigenvalue weighted by Gasteiger charge is -2.13. The molecule has 3 rings (SSSR count). The Labute approximate surface area is 191 Å². The van der Waals surface area contributed by atoms with Crippen LogP contribution >= 0.6 is 23.4 Å². The minimum Gasteiger partial charge on any atom is -0.490 e. The molecular formula is C21H17ClF2N2O5S.